The molecule has 142 valence electrons. The summed E-state index contributed by atoms with van der Waals surface area (Å²) in [5.74, 6) is -1.39. The van der Waals surface area contributed by atoms with E-state index in [2.05, 4.69) is 4.98 Å². The smallest absolute Gasteiger partial charge is 0.408 e. The third kappa shape index (κ3) is 2.79. The van der Waals surface area contributed by atoms with Crippen LogP contribution in [0.25, 0.3) is 0 Å². The topological polar surface area (TPSA) is 87.9 Å². The van der Waals surface area contributed by atoms with Crippen LogP contribution in [0.5, 0.6) is 0 Å². The second kappa shape index (κ2) is 5.86. The molecule has 0 amide bonds. The number of hydrogen-bond acceptors (Lipinski definition) is 6. The molecular weight excluding hydrogens is 357 g/mol. The van der Waals surface area contributed by atoms with E-state index < -0.39 is 36.7 Å². The second-order valence-corrected chi connectivity index (χ2v) is 6.77. The van der Waals surface area contributed by atoms with E-state index in [1.807, 2.05) is 4.90 Å². The van der Waals surface area contributed by atoms with Crippen molar-refractivity contribution in [2.45, 2.75) is 43.8 Å². The molecule has 0 aromatic carbocycles. The molecular formula is C15H17F3N4O4. The summed E-state index contributed by atoms with van der Waals surface area (Å²) in [7, 11) is 0. The summed E-state index contributed by atoms with van der Waals surface area (Å²) < 4.78 is 46.8. The number of carboxylic acid groups (broad SMARTS) is 1. The number of ether oxygens (including phenoxy) is 1. The molecule has 2 saturated heterocycles. The van der Waals surface area contributed by atoms with Crippen LogP contribution in [0.1, 0.15) is 12.8 Å². The van der Waals surface area contributed by atoms with Gasteiger partial charge in [0.05, 0.1) is 18.8 Å². The maximum atomic E-state index is 13.4. The highest BCUT2D eigenvalue weighted by atomic mass is 19.4. The van der Waals surface area contributed by atoms with Gasteiger partial charge in [0.1, 0.15) is 18.4 Å². The zero-order valence-electron chi connectivity index (χ0n) is 13.6. The minimum absolute atomic E-state index is 0.0265. The molecule has 3 aliphatic heterocycles. The van der Waals surface area contributed by atoms with E-state index in [0.717, 1.165) is 11.0 Å². The highest BCUT2D eigenvalue weighted by Crippen LogP contribution is 2.36. The number of nitrogens with zero attached hydrogens (tertiary/aromatic N) is 4. The van der Waals surface area contributed by atoms with E-state index in [0.29, 0.717) is 18.1 Å². The van der Waals surface area contributed by atoms with Crippen LogP contribution in [0.3, 0.4) is 0 Å². The Morgan fingerprint density at radius 2 is 2.19 bits per heavy atom. The van der Waals surface area contributed by atoms with E-state index in [1.54, 1.807) is 0 Å². The van der Waals surface area contributed by atoms with E-state index in [4.69, 9.17) is 9.84 Å². The van der Waals surface area contributed by atoms with E-state index in [1.165, 1.54) is 6.07 Å². The molecule has 2 fully saturated rings. The average Bonchev–Trinajstić information content (AvgIpc) is 3.16. The van der Waals surface area contributed by atoms with Crippen LogP contribution in [0, 0.1) is 0 Å². The fourth-order valence-electron chi connectivity index (χ4n) is 3.95. The van der Waals surface area contributed by atoms with Crippen molar-refractivity contribution in [1.82, 2.24) is 9.55 Å². The first-order valence-electron chi connectivity index (χ1n) is 8.29. The SMILES string of the molecule is O=C(O)CN1c2nc(N3CC4CC3CO4)cc(=O)n2CCC1C(F)(F)F. The van der Waals surface area contributed by atoms with Gasteiger partial charge in [0.2, 0.25) is 5.95 Å². The van der Waals surface area contributed by atoms with Crippen LogP contribution in [-0.2, 0) is 16.1 Å². The summed E-state index contributed by atoms with van der Waals surface area (Å²) >= 11 is 0. The van der Waals surface area contributed by atoms with Crippen molar-refractivity contribution in [2.24, 2.45) is 0 Å². The van der Waals surface area contributed by atoms with Crippen LogP contribution in [-0.4, -0.2) is 64.7 Å². The number of aromatic nitrogens is 2. The lowest BCUT2D eigenvalue weighted by Crippen LogP contribution is -2.54. The summed E-state index contributed by atoms with van der Waals surface area (Å²) in [4.78, 5) is 30.4. The highest BCUT2D eigenvalue weighted by Gasteiger charge is 2.48. The number of carboxylic acids is 1. The van der Waals surface area contributed by atoms with E-state index >= 15 is 0 Å². The first-order chi connectivity index (χ1) is 12.2. The number of alkyl halides is 3. The fraction of sp³-hybridized carbons (Fsp3) is 0.667. The molecule has 1 N–H and O–H groups in total. The van der Waals surface area contributed by atoms with Gasteiger partial charge in [-0.15, -0.1) is 0 Å². The molecule has 2 bridgehead atoms. The number of anilines is 2. The van der Waals surface area contributed by atoms with Crippen molar-refractivity contribution in [2.75, 3.05) is 29.5 Å². The summed E-state index contributed by atoms with van der Waals surface area (Å²) in [5, 5.41) is 9.06. The Kier molecular flexibility index (Phi) is 3.86. The molecule has 4 heterocycles. The lowest BCUT2D eigenvalue weighted by Gasteiger charge is -2.38. The molecule has 3 unspecified atom stereocenters. The number of hydrogen-bond donors (Lipinski definition) is 1. The predicted octanol–water partition coefficient (Wildman–Crippen LogP) is 0.446. The normalized spacial score (nSPS) is 27.7. The van der Waals surface area contributed by atoms with Crippen LogP contribution in [0.2, 0.25) is 0 Å². The van der Waals surface area contributed by atoms with Crippen molar-refractivity contribution in [3.63, 3.8) is 0 Å². The molecule has 0 saturated carbocycles. The number of fused-ring (bicyclic) bond motifs is 3. The summed E-state index contributed by atoms with van der Waals surface area (Å²) in [5.41, 5.74) is -0.482. The summed E-state index contributed by atoms with van der Waals surface area (Å²) in [6, 6.07) is -0.652. The first-order valence-corrected chi connectivity index (χ1v) is 8.29. The number of carbonyl (C=O) groups is 1. The largest absolute Gasteiger partial charge is 0.480 e. The van der Waals surface area contributed by atoms with Crippen LogP contribution in [0.15, 0.2) is 10.9 Å². The lowest BCUT2D eigenvalue weighted by molar-refractivity contribution is -0.154. The van der Waals surface area contributed by atoms with Gasteiger partial charge in [-0.1, -0.05) is 0 Å². The molecule has 1 aromatic heterocycles. The zero-order valence-corrected chi connectivity index (χ0v) is 13.6. The van der Waals surface area contributed by atoms with E-state index in [9.17, 15) is 22.8 Å². The highest BCUT2D eigenvalue weighted by molar-refractivity contribution is 5.73. The van der Waals surface area contributed by atoms with Crippen molar-refractivity contribution in [3.8, 4) is 0 Å². The van der Waals surface area contributed by atoms with Crippen LogP contribution in [0.4, 0.5) is 24.9 Å². The number of morpholine rings is 1. The molecule has 4 rings (SSSR count). The third-order valence-corrected chi connectivity index (χ3v) is 5.11. The summed E-state index contributed by atoms with van der Waals surface area (Å²) in [6.45, 7) is -0.0386. The Hall–Kier alpha value is -2.30. The van der Waals surface area contributed by atoms with Gasteiger partial charge in [0.25, 0.3) is 5.56 Å². The molecule has 1 aromatic rings. The molecule has 3 atom stereocenters. The lowest BCUT2D eigenvalue weighted by atomic mass is 10.1. The Balaban J connectivity index is 1.76. The number of aliphatic carboxylic acids is 1. The first kappa shape index (κ1) is 17.1. The fourth-order valence-corrected chi connectivity index (χ4v) is 3.95. The van der Waals surface area contributed by atoms with Crippen LogP contribution < -0.4 is 15.4 Å². The van der Waals surface area contributed by atoms with Gasteiger partial charge in [0, 0.05) is 19.2 Å². The minimum atomic E-state index is -4.62. The average molecular weight is 374 g/mol. The Morgan fingerprint density at radius 3 is 2.77 bits per heavy atom. The number of rotatable bonds is 3. The van der Waals surface area contributed by atoms with Gasteiger partial charge < -0.3 is 19.6 Å². The van der Waals surface area contributed by atoms with Crippen molar-refractivity contribution >= 4 is 17.7 Å². The second-order valence-electron chi connectivity index (χ2n) is 6.77. The van der Waals surface area contributed by atoms with Gasteiger partial charge in [-0.05, 0) is 12.8 Å². The van der Waals surface area contributed by atoms with Crippen LogP contribution >= 0.6 is 0 Å². The van der Waals surface area contributed by atoms with Gasteiger partial charge in [-0.2, -0.15) is 18.2 Å². The monoisotopic (exact) mass is 374 g/mol. The standard InChI is InChI=1S/C15H17F3N4O4/c16-15(17,18)10-1-2-20-12(23)4-11(19-14(20)22(10)6-13(24)25)21-5-9-3-8(21)7-26-9/h4,8-10H,1-3,5-7H2,(H,24,25). The van der Waals surface area contributed by atoms with E-state index in [-0.39, 0.29) is 30.5 Å². The van der Waals surface area contributed by atoms with Crippen molar-refractivity contribution < 1.29 is 27.8 Å². The molecule has 11 heteroatoms. The van der Waals surface area contributed by atoms with Gasteiger partial charge in [-0.3, -0.25) is 14.2 Å². The van der Waals surface area contributed by atoms with Gasteiger partial charge in [0.15, 0.2) is 0 Å². The third-order valence-electron chi connectivity index (χ3n) is 5.11. The quantitative estimate of drug-likeness (QED) is 0.822. The maximum Gasteiger partial charge on any atom is 0.408 e. The maximum absolute atomic E-state index is 13.4. The predicted molar refractivity (Wildman–Crippen MR) is 83.4 cm³/mol. The molecule has 3 aliphatic rings. The molecule has 8 nitrogen and oxygen atoms in total. The zero-order chi connectivity index (χ0) is 18.6. The van der Waals surface area contributed by atoms with Crippen molar-refractivity contribution in [1.29, 1.82) is 0 Å². The summed E-state index contributed by atoms with van der Waals surface area (Å²) in [6.07, 6.45) is -4.20. The molecule has 26 heavy (non-hydrogen) atoms. The Labute approximate surface area is 145 Å². The molecule has 0 radical (unpaired) electrons. The van der Waals surface area contributed by atoms with Crippen molar-refractivity contribution in [3.05, 3.63) is 16.4 Å². The Morgan fingerprint density at radius 1 is 1.42 bits per heavy atom. The Bertz CT molecular complexity index is 796. The number of halogens is 3. The molecule has 0 spiro atoms. The van der Waals surface area contributed by atoms with Gasteiger partial charge >= 0.3 is 12.1 Å². The minimum Gasteiger partial charge on any atom is -0.480 e. The van der Waals surface area contributed by atoms with Gasteiger partial charge in [-0.25, -0.2) is 0 Å². The molecule has 0 aliphatic carbocycles.